The van der Waals surface area contributed by atoms with Gasteiger partial charge in [-0.25, -0.2) is 13.1 Å². The maximum absolute atomic E-state index is 12.1. The first-order valence-corrected chi connectivity index (χ1v) is 9.03. The second-order valence-corrected chi connectivity index (χ2v) is 7.99. The van der Waals surface area contributed by atoms with Crippen LogP contribution in [0.25, 0.3) is 0 Å². The highest BCUT2D eigenvalue weighted by atomic mass is 79.9. The molecule has 1 rings (SSSR count). The smallest absolute Gasteiger partial charge is 0.210 e. The molecule has 0 aliphatic heterocycles. The predicted octanol–water partition coefficient (Wildman–Crippen LogP) is 4.44. The molecule has 8 heteroatoms. The van der Waals surface area contributed by atoms with E-state index in [4.69, 9.17) is 34.8 Å². The number of halogens is 4. The van der Waals surface area contributed by atoms with Crippen LogP contribution in [0.3, 0.4) is 0 Å². The van der Waals surface area contributed by atoms with Gasteiger partial charge in [0.05, 0.1) is 10.0 Å². The van der Waals surface area contributed by atoms with Gasteiger partial charge in [-0.1, -0.05) is 52.5 Å². The fourth-order valence-corrected chi connectivity index (χ4v) is 4.87. The van der Waals surface area contributed by atoms with Crippen molar-refractivity contribution in [1.29, 1.82) is 0 Å². The van der Waals surface area contributed by atoms with Crippen molar-refractivity contribution in [1.82, 2.24) is 4.72 Å². The zero-order chi connectivity index (χ0) is 14.6. The normalized spacial score (nSPS) is 13.5. The van der Waals surface area contributed by atoms with Gasteiger partial charge in [-0.2, -0.15) is 0 Å². The minimum Gasteiger partial charge on any atom is -0.210 e. The molecule has 0 saturated heterocycles. The molecule has 0 fully saturated rings. The van der Waals surface area contributed by atoms with Crippen LogP contribution in [0.5, 0.6) is 0 Å². The van der Waals surface area contributed by atoms with Gasteiger partial charge in [0.25, 0.3) is 0 Å². The van der Waals surface area contributed by atoms with Gasteiger partial charge >= 0.3 is 0 Å². The van der Waals surface area contributed by atoms with E-state index in [2.05, 4.69) is 20.7 Å². The maximum Gasteiger partial charge on any atom is 0.243 e. The van der Waals surface area contributed by atoms with E-state index in [0.717, 1.165) is 12.8 Å². The van der Waals surface area contributed by atoms with Crippen LogP contribution in [0.4, 0.5) is 0 Å². The van der Waals surface area contributed by atoms with Crippen LogP contribution >= 0.6 is 50.7 Å². The highest BCUT2D eigenvalue weighted by Gasteiger charge is 2.22. The lowest BCUT2D eigenvalue weighted by Crippen LogP contribution is -2.30. The molecule has 19 heavy (non-hydrogen) atoms. The van der Waals surface area contributed by atoms with Gasteiger partial charge in [-0.15, -0.1) is 11.6 Å². The number of rotatable bonds is 6. The summed E-state index contributed by atoms with van der Waals surface area (Å²) in [5.74, 6) is 0. The van der Waals surface area contributed by atoms with Gasteiger partial charge in [0.1, 0.15) is 4.90 Å². The summed E-state index contributed by atoms with van der Waals surface area (Å²) in [4.78, 5) is -0.126. The molecule has 0 spiro atoms. The van der Waals surface area contributed by atoms with E-state index in [1.807, 2.05) is 6.92 Å². The molecule has 1 N–H and O–H groups in total. The van der Waals surface area contributed by atoms with E-state index in [1.165, 1.54) is 12.1 Å². The average molecular weight is 410 g/mol. The fourth-order valence-electron chi connectivity index (χ4n) is 1.47. The second-order valence-electron chi connectivity index (χ2n) is 3.94. The lowest BCUT2D eigenvalue weighted by Gasteiger charge is -2.13. The van der Waals surface area contributed by atoms with Gasteiger partial charge in [0.15, 0.2) is 0 Å². The Balaban J connectivity index is 2.95. The number of alkyl halides is 1. The largest absolute Gasteiger partial charge is 0.243 e. The van der Waals surface area contributed by atoms with Crippen molar-refractivity contribution < 1.29 is 8.42 Å². The summed E-state index contributed by atoms with van der Waals surface area (Å²) in [6.45, 7) is 2.12. The van der Waals surface area contributed by atoms with Crippen LogP contribution in [-0.4, -0.2) is 20.3 Å². The SMILES string of the molecule is CCCC(Cl)CNS(=O)(=O)c1c(Cl)cc(Br)cc1Cl. The predicted molar refractivity (Wildman–Crippen MR) is 83.9 cm³/mol. The first kappa shape index (κ1) is 17.5. The molecule has 0 aliphatic carbocycles. The van der Waals surface area contributed by atoms with E-state index >= 15 is 0 Å². The molecule has 108 valence electrons. The number of hydrogen-bond donors (Lipinski definition) is 1. The van der Waals surface area contributed by atoms with Crippen molar-refractivity contribution in [3.8, 4) is 0 Å². The summed E-state index contributed by atoms with van der Waals surface area (Å²) in [6, 6.07) is 2.96. The summed E-state index contributed by atoms with van der Waals surface area (Å²) >= 11 is 21.0. The van der Waals surface area contributed by atoms with Crippen molar-refractivity contribution in [2.45, 2.75) is 30.0 Å². The first-order chi connectivity index (χ1) is 8.77. The second kappa shape index (κ2) is 7.48. The summed E-state index contributed by atoms with van der Waals surface area (Å²) in [6.07, 6.45) is 1.61. The van der Waals surface area contributed by atoms with Crippen LogP contribution in [0, 0.1) is 0 Å². The Kier molecular flexibility index (Phi) is 6.90. The van der Waals surface area contributed by atoms with Crippen molar-refractivity contribution in [2.75, 3.05) is 6.54 Å². The molecule has 0 radical (unpaired) electrons. The zero-order valence-electron chi connectivity index (χ0n) is 10.1. The minimum absolute atomic E-state index is 0.0634. The third kappa shape index (κ3) is 5.06. The van der Waals surface area contributed by atoms with Crippen molar-refractivity contribution in [3.63, 3.8) is 0 Å². The van der Waals surface area contributed by atoms with Crippen LogP contribution in [0.2, 0.25) is 10.0 Å². The van der Waals surface area contributed by atoms with Gasteiger partial charge < -0.3 is 0 Å². The van der Waals surface area contributed by atoms with Crippen molar-refractivity contribution >= 4 is 60.8 Å². The standard InChI is InChI=1S/C11H13BrCl3NO2S/c1-2-3-8(13)6-16-19(17,18)11-9(14)4-7(12)5-10(11)15/h4-5,8,16H,2-3,6H2,1H3. The summed E-state index contributed by atoms with van der Waals surface area (Å²) in [5.41, 5.74) is 0. The Morgan fingerprint density at radius 2 is 1.84 bits per heavy atom. The number of nitrogens with one attached hydrogen (secondary N) is 1. The Morgan fingerprint density at radius 1 is 1.32 bits per heavy atom. The molecule has 3 nitrogen and oxygen atoms in total. The number of sulfonamides is 1. The third-order valence-electron chi connectivity index (χ3n) is 2.33. The van der Waals surface area contributed by atoms with Crippen LogP contribution < -0.4 is 4.72 Å². The van der Waals surface area contributed by atoms with Crippen molar-refractivity contribution in [2.24, 2.45) is 0 Å². The number of benzene rings is 1. The molecule has 0 aliphatic rings. The lowest BCUT2D eigenvalue weighted by molar-refractivity contribution is 0.577. The molecule has 1 aromatic carbocycles. The Hall–Kier alpha value is 0.480. The van der Waals surface area contributed by atoms with Crippen molar-refractivity contribution in [3.05, 3.63) is 26.7 Å². The summed E-state index contributed by atoms with van der Waals surface area (Å²) < 4.78 is 27.3. The highest BCUT2D eigenvalue weighted by Crippen LogP contribution is 2.32. The van der Waals surface area contributed by atoms with Gasteiger partial charge in [0.2, 0.25) is 10.0 Å². The number of hydrogen-bond acceptors (Lipinski definition) is 2. The average Bonchev–Trinajstić information content (AvgIpc) is 2.25. The molecule has 0 bridgehead atoms. The molecule has 1 aromatic rings. The van der Waals surface area contributed by atoms with E-state index in [0.29, 0.717) is 4.47 Å². The van der Waals surface area contributed by atoms with Crippen LogP contribution in [0.15, 0.2) is 21.5 Å². The van der Waals surface area contributed by atoms with E-state index < -0.39 is 10.0 Å². The third-order valence-corrected chi connectivity index (χ3v) is 5.50. The monoisotopic (exact) mass is 407 g/mol. The van der Waals surface area contributed by atoms with Gasteiger partial charge in [0, 0.05) is 16.4 Å². The Labute approximate surface area is 136 Å². The van der Waals surface area contributed by atoms with Gasteiger partial charge in [-0.05, 0) is 18.6 Å². The topological polar surface area (TPSA) is 46.2 Å². The summed E-state index contributed by atoms with van der Waals surface area (Å²) in [7, 11) is -3.77. The summed E-state index contributed by atoms with van der Waals surface area (Å²) in [5, 5.41) is -0.130. The molecule has 0 heterocycles. The van der Waals surface area contributed by atoms with E-state index in [9.17, 15) is 8.42 Å². The lowest BCUT2D eigenvalue weighted by atomic mass is 10.2. The van der Waals surface area contributed by atoms with Crippen LogP contribution in [-0.2, 0) is 10.0 Å². The van der Waals surface area contributed by atoms with Crippen LogP contribution in [0.1, 0.15) is 19.8 Å². The van der Waals surface area contributed by atoms with E-state index in [1.54, 1.807) is 0 Å². The molecule has 0 amide bonds. The Morgan fingerprint density at radius 3 is 2.32 bits per heavy atom. The van der Waals surface area contributed by atoms with E-state index in [-0.39, 0.29) is 26.9 Å². The molecular weight excluding hydrogens is 396 g/mol. The first-order valence-electron chi connectivity index (χ1n) is 5.56. The molecule has 0 aromatic heterocycles. The molecule has 1 atom stereocenters. The fraction of sp³-hybridized carbons (Fsp3) is 0.455. The maximum atomic E-state index is 12.1. The quantitative estimate of drug-likeness (QED) is 0.706. The highest BCUT2D eigenvalue weighted by molar-refractivity contribution is 9.10. The molecule has 0 saturated carbocycles. The molecular formula is C11H13BrCl3NO2S. The van der Waals surface area contributed by atoms with Gasteiger partial charge in [-0.3, -0.25) is 0 Å². The Bertz CT molecular complexity index is 528. The minimum atomic E-state index is -3.77. The molecule has 1 unspecified atom stereocenters. The zero-order valence-corrected chi connectivity index (χ0v) is 14.8.